The first-order valence-electron chi connectivity index (χ1n) is 11.7. The Kier molecular flexibility index (Phi) is 8.49. The number of rotatable bonds is 5. The molecule has 0 fully saturated rings. The molecule has 0 aliphatic carbocycles. The van der Waals surface area contributed by atoms with Crippen LogP contribution >= 0.6 is 0 Å². The van der Waals surface area contributed by atoms with Gasteiger partial charge in [-0.25, -0.2) is 8.60 Å². The van der Waals surface area contributed by atoms with E-state index in [1.165, 1.54) is 12.1 Å². The fourth-order valence-corrected chi connectivity index (χ4v) is 5.07. The van der Waals surface area contributed by atoms with Gasteiger partial charge >= 0.3 is 0 Å². The molecule has 1 aliphatic rings. The summed E-state index contributed by atoms with van der Waals surface area (Å²) in [5.41, 5.74) is 3.09. The Morgan fingerprint density at radius 1 is 1.24 bits per heavy atom. The molecule has 0 radical (unpaired) electrons. The van der Waals surface area contributed by atoms with Gasteiger partial charge in [0, 0.05) is 35.9 Å². The van der Waals surface area contributed by atoms with Crippen molar-refractivity contribution in [3.8, 4) is 11.3 Å². The molecule has 0 bridgehead atoms. The lowest BCUT2D eigenvalue weighted by Crippen LogP contribution is -2.33. The van der Waals surface area contributed by atoms with Crippen LogP contribution in [-0.2, 0) is 15.7 Å². The molecule has 0 saturated carbocycles. The van der Waals surface area contributed by atoms with Gasteiger partial charge in [0.25, 0.3) is 5.91 Å². The average molecular weight is 489 g/mol. The van der Waals surface area contributed by atoms with Gasteiger partial charge in [-0.3, -0.25) is 9.10 Å². The number of ether oxygens (including phenoxy) is 1. The second-order valence-electron chi connectivity index (χ2n) is 7.97. The van der Waals surface area contributed by atoms with Crippen molar-refractivity contribution in [1.29, 1.82) is 0 Å². The van der Waals surface area contributed by atoms with Gasteiger partial charge in [0.15, 0.2) is 0 Å². The van der Waals surface area contributed by atoms with Crippen LogP contribution in [0.2, 0.25) is 0 Å². The molecule has 1 N–H and O–H groups in total. The molecule has 3 aromatic rings. The molecule has 1 aliphatic heterocycles. The van der Waals surface area contributed by atoms with Crippen molar-refractivity contribution in [1.82, 2.24) is 5.32 Å². The highest BCUT2D eigenvalue weighted by atomic mass is 32.2. The summed E-state index contributed by atoms with van der Waals surface area (Å²) in [6.07, 6.45) is 3.17. The Morgan fingerprint density at radius 2 is 1.91 bits per heavy atom. The van der Waals surface area contributed by atoms with Gasteiger partial charge < -0.3 is 14.5 Å². The Balaban J connectivity index is 0.00000158. The Hall–Kier alpha value is -2.71. The zero-order valence-corrected chi connectivity index (χ0v) is 21.4. The fourth-order valence-electron chi connectivity index (χ4n) is 4.26. The smallest absolute Gasteiger partial charge is 0.255 e. The summed E-state index contributed by atoms with van der Waals surface area (Å²) in [5, 5.41) is 3.31. The largest absolute Gasteiger partial charge is 0.455 e. The summed E-state index contributed by atoms with van der Waals surface area (Å²) >= 11 is 0. The molecule has 3 unspecified atom stereocenters. The first-order valence-corrected chi connectivity index (χ1v) is 13.2. The Bertz CT molecular complexity index is 1180. The van der Waals surface area contributed by atoms with Gasteiger partial charge in [0.05, 0.1) is 30.0 Å². The van der Waals surface area contributed by atoms with E-state index < -0.39 is 11.0 Å². The zero-order chi connectivity index (χ0) is 25.0. The number of carbonyl (C=O) groups is 1. The predicted octanol–water partition coefficient (Wildman–Crippen LogP) is 5.98. The number of halogens is 1. The maximum atomic E-state index is 13.5. The zero-order valence-electron chi connectivity index (χ0n) is 20.6. The monoisotopic (exact) mass is 488 g/mol. The summed E-state index contributed by atoms with van der Waals surface area (Å²) in [5.74, 6) is -0.308. The first-order chi connectivity index (χ1) is 16.3. The minimum absolute atomic E-state index is 0.0502. The second-order valence-corrected chi connectivity index (χ2v) is 9.26. The van der Waals surface area contributed by atoms with Crippen LogP contribution < -0.4 is 9.62 Å². The maximum absolute atomic E-state index is 13.5. The van der Waals surface area contributed by atoms with Gasteiger partial charge in [-0.05, 0) is 43.7 Å². The standard InChI is InChI=1S/C24H27FN2O4S.C2H6/c1-5-6-17-13-27(32(4)29)20-12-21-19(11-18(20)14(2)30-17)22(24(28)26-3)23(31-21)15-7-9-16(25)10-8-15;1-2/h7-12,14,17H,5-6,13H2,1-4H3,(H,26,28);1-2H3. The second kappa shape index (κ2) is 11.1. The van der Waals surface area contributed by atoms with Gasteiger partial charge in [-0.15, -0.1) is 0 Å². The topological polar surface area (TPSA) is 71.8 Å². The van der Waals surface area contributed by atoms with Crippen LogP contribution in [0.3, 0.4) is 0 Å². The van der Waals surface area contributed by atoms with E-state index in [0.29, 0.717) is 34.4 Å². The van der Waals surface area contributed by atoms with Crippen molar-refractivity contribution < 1.29 is 22.5 Å². The number of benzene rings is 2. The van der Waals surface area contributed by atoms with Crippen molar-refractivity contribution in [3.63, 3.8) is 0 Å². The van der Waals surface area contributed by atoms with Crippen molar-refractivity contribution >= 4 is 33.5 Å². The van der Waals surface area contributed by atoms with E-state index in [-0.39, 0.29) is 23.9 Å². The molecule has 34 heavy (non-hydrogen) atoms. The average Bonchev–Trinajstić information content (AvgIpc) is 3.14. The van der Waals surface area contributed by atoms with Crippen LogP contribution in [0.15, 0.2) is 40.8 Å². The third-order valence-corrected chi connectivity index (χ3v) is 6.76. The molecule has 3 atom stereocenters. The molecular formula is C26H33FN2O4S. The highest BCUT2D eigenvalue weighted by Crippen LogP contribution is 2.42. The van der Waals surface area contributed by atoms with E-state index in [4.69, 9.17) is 9.15 Å². The molecule has 8 heteroatoms. The number of anilines is 1. The summed E-state index contributed by atoms with van der Waals surface area (Å²) in [6, 6.07) is 9.55. The molecule has 2 heterocycles. The summed E-state index contributed by atoms with van der Waals surface area (Å²) in [6.45, 7) is 8.57. The minimum Gasteiger partial charge on any atom is -0.455 e. The summed E-state index contributed by atoms with van der Waals surface area (Å²) < 4.78 is 40.4. The molecule has 6 nitrogen and oxygen atoms in total. The summed E-state index contributed by atoms with van der Waals surface area (Å²) in [4.78, 5) is 12.8. The number of carbonyl (C=O) groups excluding carboxylic acids is 1. The lowest BCUT2D eigenvalue weighted by Gasteiger charge is -2.24. The van der Waals surface area contributed by atoms with Crippen LogP contribution in [0.1, 0.15) is 62.6 Å². The number of nitrogens with one attached hydrogen (secondary N) is 1. The summed E-state index contributed by atoms with van der Waals surface area (Å²) in [7, 11) is 0.294. The molecule has 184 valence electrons. The Labute approximate surface area is 203 Å². The number of nitrogens with zero attached hydrogens (tertiary/aromatic N) is 1. The van der Waals surface area contributed by atoms with Crippen molar-refractivity contribution in [3.05, 3.63) is 53.3 Å². The number of hydrogen-bond donors (Lipinski definition) is 1. The van der Waals surface area contributed by atoms with E-state index in [9.17, 15) is 13.4 Å². The minimum atomic E-state index is -1.26. The van der Waals surface area contributed by atoms with Gasteiger partial charge in [0.2, 0.25) is 0 Å². The van der Waals surface area contributed by atoms with Crippen molar-refractivity contribution in [2.75, 3.05) is 24.2 Å². The number of amides is 1. The van der Waals surface area contributed by atoms with Gasteiger partial charge in [-0.2, -0.15) is 0 Å². The van der Waals surface area contributed by atoms with Crippen LogP contribution in [0, 0.1) is 5.82 Å². The third-order valence-electron chi connectivity index (χ3n) is 5.79. The van der Waals surface area contributed by atoms with Crippen LogP contribution in [0.25, 0.3) is 22.3 Å². The Morgan fingerprint density at radius 3 is 2.50 bits per heavy atom. The highest BCUT2D eigenvalue weighted by Gasteiger charge is 2.31. The maximum Gasteiger partial charge on any atom is 0.255 e. The third kappa shape index (κ3) is 5.03. The highest BCUT2D eigenvalue weighted by molar-refractivity contribution is 7.85. The van der Waals surface area contributed by atoms with E-state index in [1.807, 2.05) is 37.2 Å². The normalized spacial score (nSPS) is 18.5. The fraction of sp³-hybridized carbons (Fsp3) is 0.423. The van der Waals surface area contributed by atoms with Crippen LogP contribution in [0.5, 0.6) is 0 Å². The quantitative estimate of drug-likeness (QED) is 0.479. The lowest BCUT2D eigenvalue weighted by atomic mass is 10.0. The number of fused-ring (bicyclic) bond motifs is 2. The van der Waals surface area contributed by atoms with E-state index >= 15 is 0 Å². The van der Waals surface area contributed by atoms with Crippen molar-refractivity contribution in [2.45, 2.75) is 52.7 Å². The van der Waals surface area contributed by atoms with Crippen LogP contribution in [-0.4, -0.2) is 36.1 Å². The molecule has 1 aromatic heterocycles. The van der Waals surface area contributed by atoms with E-state index in [1.54, 1.807) is 25.4 Å². The van der Waals surface area contributed by atoms with Gasteiger partial charge in [0.1, 0.15) is 28.1 Å². The predicted molar refractivity (Wildman–Crippen MR) is 136 cm³/mol. The first kappa shape index (κ1) is 25.9. The van der Waals surface area contributed by atoms with Gasteiger partial charge in [-0.1, -0.05) is 27.2 Å². The molecule has 4 rings (SSSR count). The lowest BCUT2D eigenvalue weighted by molar-refractivity contribution is 0.00206. The molecule has 0 saturated heterocycles. The molecular weight excluding hydrogens is 455 g/mol. The van der Waals surface area contributed by atoms with E-state index in [0.717, 1.165) is 24.1 Å². The SMILES string of the molecule is CC.CCCC1CN(S(C)=O)c2cc3oc(-c4ccc(F)cc4)c(C(=O)NC)c3cc2C(C)O1. The van der Waals surface area contributed by atoms with E-state index in [2.05, 4.69) is 12.2 Å². The van der Waals surface area contributed by atoms with Crippen molar-refractivity contribution in [2.24, 2.45) is 0 Å². The molecule has 2 aromatic carbocycles. The number of furan rings is 1. The molecule has 0 spiro atoms. The van der Waals surface area contributed by atoms with Crippen LogP contribution in [0.4, 0.5) is 10.1 Å². The number of hydrogen-bond acceptors (Lipinski definition) is 4. The molecule has 1 amide bonds.